The van der Waals surface area contributed by atoms with E-state index in [1.807, 2.05) is 49.4 Å². The number of benzene rings is 1. The number of hydrogen-bond donors (Lipinski definition) is 2. The second-order valence-corrected chi connectivity index (χ2v) is 6.26. The van der Waals surface area contributed by atoms with E-state index in [0.29, 0.717) is 6.54 Å². The Morgan fingerprint density at radius 2 is 1.96 bits per heavy atom. The minimum atomic E-state index is -0.0690. The third-order valence-electron chi connectivity index (χ3n) is 4.38. The monoisotopic (exact) mass is 379 g/mol. The highest BCUT2D eigenvalue weighted by molar-refractivity contribution is 5.81. The predicted octanol–water partition coefficient (Wildman–Crippen LogP) is 3.18. The lowest BCUT2D eigenvalue weighted by Crippen LogP contribution is -2.21. The van der Waals surface area contributed by atoms with Crippen molar-refractivity contribution in [1.82, 2.24) is 14.5 Å². The molecule has 0 fully saturated rings. The SMILES string of the molecule is C\C=C(/C=C\C(=C/CC)NCC(C=NC)=CN)n1c(=O)n(C)c2ccccc21. The molecule has 2 rings (SSSR count). The van der Waals surface area contributed by atoms with Gasteiger partial charge in [-0.25, -0.2) is 4.79 Å². The topological polar surface area (TPSA) is 77.3 Å². The summed E-state index contributed by atoms with van der Waals surface area (Å²) in [5.41, 5.74) is 10.0. The van der Waals surface area contributed by atoms with E-state index in [4.69, 9.17) is 5.73 Å². The Bertz CT molecular complexity index is 1020. The van der Waals surface area contributed by atoms with E-state index < -0.39 is 0 Å². The Balaban J connectivity index is 2.33. The number of nitrogens with two attached hydrogens (primary N) is 1. The standard InChI is InChI=1S/C22H29N5O/c1-5-9-18(25-16-17(14-23)15-24-3)12-13-19(6-2)27-21-11-8-7-10-20(21)26(4)22(27)28/h6-15,25H,5,16,23H2,1-4H3/b13-12-,17-14?,18-9+,19-6+,24-15?. The number of para-hydroxylation sites is 2. The summed E-state index contributed by atoms with van der Waals surface area (Å²) in [6.07, 6.45) is 12.1. The molecule has 0 spiro atoms. The Labute approximate surface area is 166 Å². The van der Waals surface area contributed by atoms with E-state index in [1.165, 1.54) is 0 Å². The van der Waals surface area contributed by atoms with Crippen molar-refractivity contribution in [3.8, 4) is 0 Å². The molecule has 1 aromatic carbocycles. The van der Waals surface area contributed by atoms with Crippen LogP contribution in [-0.2, 0) is 7.05 Å². The van der Waals surface area contributed by atoms with Gasteiger partial charge in [-0.15, -0.1) is 0 Å². The molecule has 0 saturated heterocycles. The highest BCUT2D eigenvalue weighted by Crippen LogP contribution is 2.17. The number of rotatable bonds is 8. The quantitative estimate of drug-likeness (QED) is 0.546. The molecule has 0 aliphatic rings. The Morgan fingerprint density at radius 1 is 1.25 bits per heavy atom. The van der Waals surface area contributed by atoms with Gasteiger partial charge in [0, 0.05) is 50.0 Å². The number of imidazole rings is 1. The number of allylic oxidation sites excluding steroid dienone is 5. The summed E-state index contributed by atoms with van der Waals surface area (Å²) >= 11 is 0. The van der Waals surface area contributed by atoms with Crippen LogP contribution >= 0.6 is 0 Å². The van der Waals surface area contributed by atoms with Gasteiger partial charge in [-0.2, -0.15) is 0 Å². The van der Waals surface area contributed by atoms with Crippen molar-refractivity contribution in [3.05, 3.63) is 76.5 Å². The van der Waals surface area contributed by atoms with Crippen LogP contribution in [-0.4, -0.2) is 28.9 Å². The van der Waals surface area contributed by atoms with Gasteiger partial charge in [-0.1, -0.05) is 31.2 Å². The van der Waals surface area contributed by atoms with E-state index in [1.54, 1.807) is 35.6 Å². The minimum Gasteiger partial charge on any atom is -0.404 e. The van der Waals surface area contributed by atoms with Gasteiger partial charge >= 0.3 is 5.69 Å². The zero-order chi connectivity index (χ0) is 20.5. The van der Waals surface area contributed by atoms with Gasteiger partial charge in [-0.3, -0.25) is 14.1 Å². The zero-order valence-electron chi connectivity index (χ0n) is 17.0. The summed E-state index contributed by atoms with van der Waals surface area (Å²) in [6, 6.07) is 7.78. The van der Waals surface area contributed by atoms with Crippen molar-refractivity contribution in [2.75, 3.05) is 13.6 Å². The fraction of sp³-hybridized carbons (Fsp3) is 0.273. The van der Waals surface area contributed by atoms with E-state index in [9.17, 15) is 4.79 Å². The molecule has 0 bridgehead atoms. The molecule has 1 heterocycles. The Kier molecular flexibility index (Phi) is 7.63. The average Bonchev–Trinajstić information content (AvgIpc) is 2.96. The van der Waals surface area contributed by atoms with Gasteiger partial charge < -0.3 is 11.1 Å². The number of hydrogen-bond acceptors (Lipinski definition) is 4. The van der Waals surface area contributed by atoms with Gasteiger partial charge in [0.1, 0.15) is 0 Å². The van der Waals surface area contributed by atoms with Crippen LogP contribution in [0.5, 0.6) is 0 Å². The first-order valence-electron chi connectivity index (χ1n) is 9.35. The first-order chi connectivity index (χ1) is 13.6. The molecular formula is C22H29N5O. The van der Waals surface area contributed by atoms with E-state index in [-0.39, 0.29) is 5.69 Å². The maximum atomic E-state index is 12.8. The molecule has 28 heavy (non-hydrogen) atoms. The number of aromatic nitrogens is 2. The van der Waals surface area contributed by atoms with Crippen LogP contribution in [0.3, 0.4) is 0 Å². The summed E-state index contributed by atoms with van der Waals surface area (Å²) in [6.45, 7) is 4.58. The lowest BCUT2D eigenvalue weighted by molar-refractivity contribution is 0.854. The number of aryl methyl sites for hydroxylation is 1. The van der Waals surface area contributed by atoms with Gasteiger partial charge in [0.25, 0.3) is 0 Å². The van der Waals surface area contributed by atoms with Crippen molar-refractivity contribution in [2.24, 2.45) is 17.8 Å². The van der Waals surface area contributed by atoms with Crippen molar-refractivity contribution >= 4 is 22.9 Å². The molecule has 0 radical (unpaired) electrons. The lowest BCUT2D eigenvalue weighted by Gasteiger charge is -2.09. The molecule has 0 unspecified atom stereocenters. The van der Waals surface area contributed by atoms with Crippen molar-refractivity contribution in [2.45, 2.75) is 20.3 Å². The van der Waals surface area contributed by atoms with Crippen LogP contribution < -0.4 is 16.7 Å². The van der Waals surface area contributed by atoms with E-state index in [0.717, 1.165) is 34.4 Å². The van der Waals surface area contributed by atoms with Crippen LogP contribution in [0, 0.1) is 0 Å². The summed E-state index contributed by atoms with van der Waals surface area (Å²) in [5, 5.41) is 3.36. The van der Waals surface area contributed by atoms with Crippen LogP contribution in [0.25, 0.3) is 16.7 Å². The smallest absolute Gasteiger partial charge is 0.333 e. The molecule has 0 atom stereocenters. The van der Waals surface area contributed by atoms with E-state index >= 15 is 0 Å². The van der Waals surface area contributed by atoms with E-state index in [2.05, 4.69) is 23.3 Å². The minimum absolute atomic E-state index is 0.0690. The molecular weight excluding hydrogens is 350 g/mol. The molecule has 6 nitrogen and oxygen atoms in total. The third kappa shape index (κ3) is 4.71. The second-order valence-electron chi connectivity index (χ2n) is 6.26. The highest BCUT2D eigenvalue weighted by Gasteiger charge is 2.11. The third-order valence-corrected chi connectivity index (χ3v) is 4.38. The lowest BCUT2D eigenvalue weighted by atomic mass is 10.2. The molecule has 1 aromatic heterocycles. The highest BCUT2D eigenvalue weighted by atomic mass is 16.1. The van der Waals surface area contributed by atoms with Gasteiger partial charge in [-0.05, 0) is 37.6 Å². The first kappa shape index (κ1) is 21.0. The molecule has 0 aliphatic carbocycles. The first-order valence-corrected chi connectivity index (χ1v) is 9.35. The average molecular weight is 380 g/mol. The van der Waals surface area contributed by atoms with Crippen LogP contribution in [0.15, 0.2) is 75.8 Å². The van der Waals surface area contributed by atoms with Gasteiger partial charge in [0.2, 0.25) is 0 Å². The van der Waals surface area contributed by atoms with Crippen LogP contribution in [0.2, 0.25) is 0 Å². The fourth-order valence-electron chi connectivity index (χ4n) is 2.95. The maximum absolute atomic E-state index is 12.8. The number of nitrogens with one attached hydrogen (secondary N) is 1. The molecule has 6 heteroatoms. The van der Waals surface area contributed by atoms with Gasteiger partial charge in [0.15, 0.2) is 0 Å². The molecule has 2 aromatic rings. The molecule has 148 valence electrons. The Morgan fingerprint density at radius 3 is 2.57 bits per heavy atom. The molecule has 0 saturated carbocycles. The van der Waals surface area contributed by atoms with Crippen LogP contribution in [0.4, 0.5) is 0 Å². The number of fused-ring (bicyclic) bond motifs is 1. The summed E-state index contributed by atoms with van der Waals surface area (Å²) in [5.74, 6) is 0. The molecule has 0 amide bonds. The van der Waals surface area contributed by atoms with Crippen molar-refractivity contribution < 1.29 is 0 Å². The Hall–Kier alpha value is -3.28. The van der Waals surface area contributed by atoms with Crippen molar-refractivity contribution in [3.63, 3.8) is 0 Å². The largest absolute Gasteiger partial charge is 0.404 e. The fourth-order valence-corrected chi connectivity index (χ4v) is 2.95. The molecule has 0 aliphatic heterocycles. The zero-order valence-corrected chi connectivity index (χ0v) is 17.0. The predicted molar refractivity (Wildman–Crippen MR) is 119 cm³/mol. The summed E-state index contributed by atoms with van der Waals surface area (Å²) in [4.78, 5) is 16.8. The molecule has 3 N–H and O–H groups in total. The number of aliphatic imine (C=N–C) groups is 1. The normalized spacial score (nSPS) is 13.9. The summed E-state index contributed by atoms with van der Waals surface area (Å²) in [7, 11) is 3.50. The summed E-state index contributed by atoms with van der Waals surface area (Å²) < 4.78 is 3.39. The maximum Gasteiger partial charge on any atom is 0.333 e. The number of nitrogens with zero attached hydrogens (tertiary/aromatic N) is 3. The van der Waals surface area contributed by atoms with Gasteiger partial charge in [0.05, 0.1) is 11.0 Å². The van der Waals surface area contributed by atoms with Crippen molar-refractivity contribution in [1.29, 1.82) is 0 Å². The van der Waals surface area contributed by atoms with Crippen LogP contribution in [0.1, 0.15) is 20.3 Å². The second kappa shape index (κ2) is 10.2.